The molecule has 1 N–H and O–H groups in total. The summed E-state index contributed by atoms with van der Waals surface area (Å²) in [5, 5.41) is 11.8. The van der Waals surface area contributed by atoms with Crippen LogP contribution in [0, 0.1) is 13.8 Å². The maximum atomic E-state index is 14.4. The average molecular weight is 638 g/mol. The number of rotatable bonds is 11. The van der Waals surface area contributed by atoms with Crippen LogP contribution in [0.2, 0.25) is 0 Å². The number of nitrogens with zero attached hydrogens (tertiary/aromatic N) is 5. The summed E-state index contributed by atoms with van der Waals surface area (Å²) in [5.74, 6) is -0.856. The number of aliphatic hydroxyl groups excluding tert-OH is 1. The Kier molecular flexibility index (Phi) is 10.5. The molecule has 0 aliphatic carbocycles. The number of likely N-dealkylation sites (tertiary alicyclic amines) is 1. The molecule has 9 nitrogen and oxygen atoms in total. The number of hydrogen-bond donors (Lipinski definition) is 1. The number of aryl methyl sites for hydroxylation is 2. The lowest BCUT2D eigenvalue weighted by molar-refractivity contribution is -0.146. The first-order valence-corrected chi connectivity index (χ1v) is 16.3. The van der Waals surface area contributed by atoms with Gasteiger partial charge in [-0.15, -0.1) is 0 Å². The maximum absolute atomic E-state index is 14.4. The number of carbonyl (C=O) groups is 3. The first-order chi connectivity index (χ1) is 22.4. The second kappa shape index (κ2) is 14.5. The van der Waals surface area contributed by atoms with E-state index in [0.29, 0.717) is 25.2 Å². The van der Waals surface area contributed by atoms with Gasteiger partial charge in [-0.05, 0) is 62.3 Å². The molecule has 1 aliphatic rings. The monoisotopic (exact) mass is 637 g/mol. The van der Waals surface area contributed by atoms with Gasteiger partial charge in [0.15, 0.2) is 0 Å². The van der Waals surface area contributed by atoms with E-state index in [1.807, 2.05) is 105 Å². The summed E-state index contributed by atoms with van der Waals surface area (Å²) in [5.41, 5.74) is 5.62. The Hall–Kier alpha value is -4.47. The molecule has 0 bridgehead atoms. The summed E-state index contributed by atoms with van der Waals surface area (Å²) in [4.78, 5) is 49.5. The highest BCUT2D eigenvalue weighted by Gasteiger charge is 2.43. The summed E-state index contributed by atoms with van der Waals surface area (Å²) < 4.78 is 2.00. The van der Waals surface area contributed by atoms with Gasteiger partial charge in [-0.2, -0.15) is 0 Å². The predicted molar refractivity (Wildman–Crippen MR) is 185 cm³/mol. The van der Waals surface area contributed by atoms with E-state index in [4.69, 9.17) is 0 Å². The number of fused-ring (bicyclic) bond motifs is 1. The van der Waals surface area contributed by atoms with Gasteiger partial charge in [-0.1, -0.05) is 66.7 Å². The van der Waals surface area contributed by atoms with E-state index in [1.54, 1.807) is 19.0 Å². The van der Waals surface area contributed by atoms with E-state index < -0.39 is 18.2 Å². The summed E-state index contributed by atoms with van der Waals surface area (Å²) in [7, 11) is 7.37. The Morgan fingerprint density at radius 3 is 2.28 bits per heavy atom. The largest absolute Gasteiger partial charge is 0.391 e. The topological polar surface area (TPSA) is 89.3 Å². The number of aliphatic hydroxyl groups is 1. The fourth-order valence-electron chi connectivity index (χ4n) is 6.47. The summed E-state index contributed by atoms with van der Waals surface area (Å²) in [6, 6.07) is 23.9. The van der Waals surface area contributed by atoms with E-state index in [0.717, 1.165) is 39.7 Å². The molecule has 3 unspecified atom stereocenters. The van der Waals surface area contributed by atoms with Gasteiger partial charge in [-0.25, -0.2) is 0 Å². The highest BCUT2D eigenvalue weighted by Crippen LogP contribution is 2.27. The van der Waals surface area contributed by atoms with Gasteiger partial charge in [0.05, 0.1) is 6.10 Å². The zero-order valence-electron chi connectivity index (χ0n) is 28.4. The predicted octanol–water partition coefficient (Wildman–Crippen LogP) is 4.12. The number of amides is 3. The second-order valence-electron chi connectivity index (χ2n) is 13.2. The van der Waals surface area contributed by atoms with Crippen LogP contribution in [0.15, 0.2) is 78.9 Å². The van der Waals surface area contributed by atoms with Crippen LogP contribution in [0.1, 0.15) is 39.2 Å². The Morgan fingerprint density at radius 1 is 0.872 bits per heavy atom. The van der Waals surface area contributed by atoms with Crippen molar-refractivity contribution in [3.05, 3.63) is 107 Å². The molecule has 9 heteroatoms. The molecule has 47 heavy (non-hydrogen) atoms. The SMILES string of the molecule is Cc1ccc(CC(C(=O)N(C)Cc2ccccc2)N(C)C(=O)C2CC(O)CN2C(=O)c2cc3ccccc3n2CCN(C)C)cc1C. The number of benzene rings is 3. The van der Waals surface area contributed by atoms with Crippen molar-refractivity contribution in [3.63, 3.8) is 0 Å². The average Bonchev–Trinajstić information content (AvgIpc) is 3.63. The molecule has 3 amide bonds. The van der Waals surface area contributed by atoms with Gasteiger partial charge in [0.25, 0.3) is 5.91 Å². The van der Waals surface area contributed by atoms with Crippen molar-refractivity contribution in [2.45, 2.75) is 58.0 Å². The molecule has 1 aliphatic heterocycles. The van der Waals surface area contributed by atoms with E-state index in [2.05, 4.69) is 11.0 Å². The number of para-hydroxylation sites is 1. The van der Waals surface area contributed by atoms with Gasteiger partial charge < -0.3 is 29.3 Å². The molecule has 0 radical (unpaired) electrons. The third-order valence-electron chi connectivity index (χ3n) is 9.36. The Bertz CT molecular complexity index is 1730. The van der Waals surface area contributed by atoms with Crippen molar-refractivity contribution in [1.82, 2.24) is 24.2 Å². The number of β-amino-alcohol motifs (C(OH)–C–C–N with tert-alkyl or cyclic N) is 1. The highest BCUT2D eigenvalue weighted by molar-refractivity contribution is 6.01. The Balaban J connectivity index is 1.44. The number of aromatic nitrogens is 1. The fourth-order valence-corrected chi connectivity index (χ4v) is 6.47. The molecule has 248 valence electrons. The standard InChI is InChI=1S/C38H47N5O4/c1-26-16-17-29(20-27(26)2)21-33(36(45)40(5)24-28-12-8-7-9-13-28)41(6)37(46)35-23-31(44)25-43(35)38(47)34-22-30-14-10-11-15-32(30)42(34)19-18-39(3)4/h7-17,20,22,31,33,35,44H,18-19,21,23-25H2,1-6H3. The molecular formula is C38H47N5O4. The minimum absolute atomic E-state index is 0.0436. The number of hydrogen-bond acceptors (Lipinski definition) is 5. The van der Waals surface area contributed by atoms with Crippen LogP contribution in [0.4, 0.5) is 0 Å². The lowest BCUT2D eigenvalue weighted by atomic mass is 9.98. The molecule has 1 saturated heterocycles. The first-order valence-electron chi connectivity index (χ1n) is 16.3. The second-order valence-corrected chi connectivity index (χ2v) is 13.2. The molecular weight excluding hydrogens is 590 g/mol. The molecule has 4 aromatic rings. The van der Waals surface area contributed by atoms with Gasteiger partial charge in [0.2, 0.25) is 11.8 Å². The minimum atomic E-state index is -0.905. The van der Waals surface area contributed by atoms with Crippen molar-refractivity contribution >= 4 is 28.6 Å². The van der Waals surface area contributed by atoms with Gasteiger partial charge in [-0.3, -0.25) is 14.4 Å². The van der Waals surface area contributed by atoms with E-state index in [1.165, 1.54) is 9.80 Å². The molecule has 1 fully saturated rings. The summed E-state index contributed by atoms with van der Waals surface area (Å²) in [6.07, 6.45) is -0.420. The molecule has 3 aromatic carbocycles. The van der Waals surface area contributed by atoms with Crippen molar-refractivity contribution in [1.29, 1.82) is 0 Å². The van der Waals surface area contributed by atoms with Crippen LogP contribution < -0.4 is 0 Å². The fraction of sp³-hybridized carbons (Fsp3) is 0.395. The third kappa shape index (κ3) is 7.58. The van der Waals surface area contributed by atoms with Crippen LogP contribution >= 0.6 is 0 Å². The van der Waals surface area contributed by atoms with Crippen molar-refractivity contribution in [2.75, 3.05) is 41.3 Å². The molecule has 0 saturated carbocycles. The molecule has 5 rings (SSSR count). The highest BCUT2D eigenvalue weighted by atomic mass is 16.3. The van der Waals surface area contributed by atoms with Gasteiger partial charge in [0, 0.05) is 64.0 Å². The zero-order chi connectivity index (χ0) is 33.8. The van der Waals surface area contributed by atoms with Crippen LogP contribution in [0.25, 0.3) is 10.9 Å². The maximum Gasteiger partial charge on any atom is 0.271 e. The normalized spacial score (nSPS) is 16.9. The number of likely N-dealkylation sites (N-methyl/N-ethyl adjacent to an activating group) is 3. The van der Waals surface area contributed by atoms with Crippen LogP contribution in [0.3, 0.4) is 0 Å². The number of carbonyl (C=O) groups excluding carboxylic acids is 3. The molecule has 2 heterocycles. The van der Waals surface area contributed by atoms with Crippen molar-refractivity contribution in [3.8, 4) is 0 Å². The van der Waals surface area contributed by atoms with Gasteiger partial charge in [0.1, 0.15) is 17.8 Å². The van der Waals surface area contributed by atoms with E-state index >= 15 is 0 Å². The lowest BCUT2D eigenvalue weighted by Crippen LogP contribution is -2.54. The van der Waals surface area contributed by atoms with E-state index in [9.17, 15) is 19.5 Å². The third-order valence-corrected chi connectivity index (χ3v) is 9.36. The summed E-state index contributed by atoms with van der Waals surface area (Å²) in [6.45, 7) is 5.84. The minimum Gasteiger partial charge on any atom is -0.391 e. The van der Waals surface area contributed by atoms with Crippen molar-refractivity contribution in [2.24, 2.45) is 0 Å². The first kappa shape index (κ1) is 33.9. The van der Waals surface area contributed by atoms with Crippen LogP contribution in [-0.4, -0.2) is 106 Å². The summed E-state index contributed by atoms with van der Waals surface area (Å²) >= 11 is 0. The smallest absolute Gasteiger partial charge is 0.271 e. The van der Waals surface area contributed by atoms with Gasteiger partial charge >= 0.3 is 0 Å². The zero-order valence-corrected chi connectivity index (χ0v) is 28.4. The van der Waals surface area contributed by atoms with Crippen LogP contribution in [0.5, 0.6) is 0 Å². The molecule has 1 aromatic heterocycles. The van der Waals surface area contributed by atoms with E-state index in [-0.39, 0.29) is 30.7 Å². The Morgan fingerprint density at radius 2 is 1.57 bits per heavy atom. The Labute approximate surface area is 278 Å². The van der Waals surface area contributed by atoms with Crippen LogP contribution in [-0.2, 0) is 29.1 Å². The lowest BCUT2D eigenvalue weighted by Gasteiger charge is -2.34. The molecule has 3 atom stereocenters. The molecule has 0 spiro atoms. The van der Waals surface area contributed by atoms with Crippen molar-refractivity contribution < 1.29 is 19.5 Å². The quantitative estimate of drug-likeness (QED) is 0.267.